The van der Waals surface area contributed by atoms with Crippen molar-refractivity contribution >= 4 is 23.5 Å². The van der Waals surface area contributed by atoms with Gasteiger partial charge in [0.1, 0.15) is 6.07 Å². The maximum absolute atomic E-state index is 11.8. The highest BCUT2D eigenvalue weighted by atomic mass is 16.6. The van der Waals surface area contributed by atoms with Gasteiger partial charge in [-0.05, 0) is 31.9 Å². The van der Waals surface area contributed by atoms with Crippen LogP contribution in [0.15, 0.2) is 30.5 Å². The molecular formula is C18H21N7O2. The van der Waals surface area contributed by atoms with Gasteiger partial charge in [0.25, 0.3) is 0 Å². The summed E-state index contributed by atoms with van der Waals surface area (Å²) in [6.45, 7) is 3.42. The highest BCUT2D eigenvalue weighted by Gasteiger charge is 2.24. The van der Waals surface area contributed by atoms with E-state index in [0.717, 1.165) is 12.8 Å². The van der Waals surface area contributed by atoms with Gasteiger partial charge in [-0.15, -0.1) is 5.10 Å². The highest BCUT2D eigenvalue weighted by molar-refractivity contribution is 5.67. The van der Waals surface area contributed by atoms with Gasteiger partial charge < -0.3 is 20.3 Å². The van der Waals surface area contributed by atoms with Crippen molar-refractivity contribution in [1.29, 1.82) is 5.26 Å². The topological polar surface area (TPSA) is 116 Å². The van der Waals surface area contributed by atoms with Gasteiger partial charge in [-0.3, -0.25) is 0 Å². The molecule has 2 aromatic rings. The average Bonchev–Trinajstić information content (AvgIpc) is 2.69. The number of piperidine rings is 1. The minimum absolute atomic E-state index is 0.152. The smallest absolute Gasteiger partial charge is 0.409 e. The summed E-state index contributed by atoms with van der Waals surface area (Å²) in [6.07, 6.45) is 2.79. The molecule has 1 aliphatic rings. The van der Waals surface area contributed by atoms with E-state index >= 15 is 0 Å². The van der Waals surface area contributed by atoms with Crippen molar-refractivity contribution in [3.63, 3.8) is 0 Å². The summed E-state index contributed by atoms with van der Waals surface area (Å²) in [6, 6.07) is 9.46. The summed E-state index contributed by atoms with van der Waals surface area (Å²) in [5.74, 6) is 0.906. The van der Waals surface area contributed by atoms with Crippen LogP contribution >= 0.6 is 0 Å². The molecule has 1 aliphatic heterocycles. The first-order valence-electron chi connectivity index (χ1n) is 8.83. The van der Waals surface area contributed by atoms with E-state index in [1.54, 1.807) is 30.0 Å². The first-order valence-corrected chi connectivity index (χ1v) is 8.83. The SMILES string of the molecule is CCOC(=O)N1CCC(Nc2nncc(Nc3ccccc3C#N)n2)CC1. The maximum Gasteiger partial charge on any atom is 0.409 e. The van der Waals surface area contributed by atoms with Crippen LogP contribution < -0.4 is 10.6 Å². The molecule has 3 rings (SSSR count). The number of carbonyl (C=O) groups is 1. The Morgan fingerprint density at radius 3 is 2.89 bits per heavy atom. The van der Waals surface area contributed by atoms with Crippen LogP contribution in [0.4, 0.5) is 22.2 Å². The molecule has 1 aromatic carbocycles. The number of nitrogens with zero attached hydrogens (tertiary/aromatic N) is 5. The molecule has 0 bridgehead atoms. The lowest BCUT2D eigenvalue weighted by Gasteiger charge is -2.31. The third-order valence-corrected chi connectivity index (χ3v) is 4.22. The van der Waals surface area contributed by atoms with Crippen molar-refractivity contribution in [2.45, 2.75) is 25.8 Å². The number of hydrogen-bond donors (Lipinski definition) is 2. The number of para-hydroxylation sites is 1. The van der Waals surface area contributed by atoms with Gasteiger partial charge in [0, 0.05) is 19.1 Å². The zero-order valence-corrected chi connectivity index (χ0v) is 15.1. The molecule has 0 aliphatic carbocycles. The molecule has 2 N–H and O–H groups in total. The normalized spacial score (nSPS) is 14.3. The van der Waals surface area contributed by atoms with Gasteiger partial charge in [-0.25, -0.2) is 4.79 Å². The van der Waals surface area contributed by atoms with Crippen LogP contribution in [0.25, 0.3) is 0 Å². The molecule has 1 saturated heterocycles. The van der Waals surface area contributed by atoms with Crippen LogP contribution in [0.1, 0.15) is 25.3 Å². The summed E-state index contributed by atoms with van der Waals surface area (Å²) in [7, 11) is 0. The molecule has 0 radical (unpaired) electrons. The molecule has 1 aromatic heterocycles. The second-order valence-corrected chi connectivity index (χ2v) is 6.05. The van der Waals surface area contributed by atoms with Crippen LogP contribution in [0.5, 0.6) is 0 Å². The van der Waals surface area contributed by atoms with Crippen molar-refractivity contribution < 1.29 is 9.53 Å². The van der Waals surface area contributed by atoms with Crippen LogP contribution in [0, 0.1) is 11.3 Å². The van der Waals surface area contributed by atoms with E-state index in [1.165, 1.54) is 6.20 Å². The lowest BCUT2D eigenvalue weighted by atomic mass is 10.1. The molecule has 0 spiro atoms. The minimum Gasteiger partial charge on any atom is -0.450 e. The Bertz CT molecular complexity index is 828. The fourth-order valence-electron chi connectivity index (χ4n) is 2.86. The number of nitriles is 1. The average molecular weight is 367 g/mol. The van der Waals surface area contributed by atoms with Gasteiger partial charge in [-0.1, -0.05) is 12.1 Å². The first-order chi connectivity index (χ1) is 13.2. The summed E-state index contributed by atoms with van der Waals surface area (Å²) >= 11 is 0. The number of amides is 1. The van der Waals surface area contributed by atoms with E-state index in [4.69, 9.17) is 4.74 Å². The molecule has 0 saturated carbocycles. The monoisotopic (exact) mass is 367 g/mol. The Balaban J connectivity index is 1.59. The molecule has 9 heteroatoms. The standard InChI is InChI=1S/C18H21N7O2/c1-2-27-18(26)25-9-7-14(8-10-25)21-17-23-16(12-20-24-17)22-15-6-4-3-5-13(15)11-19/h3-6,12,14H,2,7-10H2,1H3,(H2,21,22,23,24). The number of aromatic nitrogens is 3. The van der Waals surface area contributed by atoms with Crippen LogP contribution in [0.2, 0.25) is 0 Å². The number of hydrogen-bond acceptors (Lipinski definition) is 8. The summed E-state index contributed by atoms with van der Waals surface area (Å²) < 4.78 is 5.03. The predicted octanol–water partition coefficient (Wildman–Crippen LogP) is 2.52. The zero-order chi connectivity index (χ0) is 19.1. The molecule has 9 nitrogen and oxygen atoms in total. The van der Waals surface area contributed by atoms with Crippen LogP contribution in [0.3, 0.4) is 0 Å². The number of rotatable bonds is 5. The number of carbonyl (C=O) groups excluding carboxylic acids is 1. The zero-order valence-electron chi connectivity index (χ0n) is 15.1. The van der Waals surface area contributed by atoms with Crippen LogP contribution in [-0.4, -0.2) is 51.9 Å². The van der Waals surface area contributed by atoms with Gasteiger partial charge in [0.05, 0.1) is 24.1 Å². The third-order valence-electron chi connectivity index (χ3n) is 4.22. The lowest BCUT2D eigenvalue weighted by molar-refractivity contribution is 0.0983. The predicted molar refractivity (Wildman–Crippen MR) is 99.5 cm³/mol. The second-order valence-electron chi connectivity index (χ2n) is 6.05. The van der Waals surface area contributed by atoms with E-state index in [0.29, 0.717) is 42.7 Å². The van der Waals surface area contributed by atoms with E-state index in [9.17, 15) is 10.1 Å². The molecule has 0 atom stereocenters. The maximum atomic E-state index is 11.8. The molecule has 2 heterocycles. The van der Waals surface area contributed by atoms with E-state index in [2.05, 4.69) is 31.9 Å². The van der Waals surface area contributed by atoms with Crippen molar-refractivity contribution in [2.75, 3.05) is 30.3 Å². The number of ether oxygens (including phenoxy) is 1. The molecule has 27 heavy (non-hydrogen) atoms. The number of benzene rings is 1. The molecule has 1 amide bonds. The first kappa shape index (κ1) is 18.4. The van der Waals surface area contributed by atoms with Gasteiger partial charge in [0.15, 0.2) is 5.82 Å². The molecular weight excluding hydrogens is 346 g/mol. The fourth-order valence-corrected chi connectivity index (χ4v) is 2.86. The lowest BCUT2D eigenvalue weighted by Crippen LogP contribution is -2.42. The van der Waals surface area contributed by atoms with E-state index in [1.807, 2.05) is 6.07 Å². The highest BCUT2D eigenvalue weighted by Crippen LogP contribution is 2.20. The van der Waals surface area contributed by atoms with Crippen molar-refractivity contribution in [3.05, 3.63) is 36.0 Å². The van der Waals surface area contributed by atoms with Gasteiger partial charge in [0.2, 0.25) is 5.95 Å². The van der Waals surface area contributed by atoms with E-state index < -0.39 is 0 Å². The fraction of sp³-hybridized carbons (Fsp3) is 0.389. The molecule has 0 unspecified atom stereocenters. The van der Waals surface area contributed by atoms with E-state index in [-0.39, 0.29) is 12.1 Å². The van der Waals surface area contributed by atoms with Gasteiger partial charge in [-0.2, -0.15) is 15.3 Å². The Morgan fingerprint density at radius 2 is 2.15 bits per heavy atom. The largest absolute Gasteiger partial charge is 0.450 e. The Kier molecular flexibility index (Phi) is 5.99. The summed E-state index contributed by atoms with van der Waals surface area (Å²) in [4.78, 5) is 17.9. The third kappa shape index (κ3) is 4.82. The van der Waals surface area contributed by atoms with Crippen molar-refractivity contribution in [1.82, 2.24) is 20.1 Å². The van der Waals surface area contributed by atoms with Crippen LogP contribution in [-0.2, 0) is 4.74 Å². The summed E-state index contributed by atoms with van der Waals surface area (Å²) in [5, 5.41) is 23.5. The Labute approximate surface area is 157 Å². The van der Waals surface area contributed by atoms with Crippen molar-refractivity contribution in [2.24, 2.45) is 0 Å². The van der Waals surface area contributed by atoms with Crippen molar-refractivity contribution in [3.8, 4) is 6.07 Å². The number of nitrogens with one attached hydrogen (secondary N) is 2. The summed E-state index contributed by atoms with van der Waals surface area (Å²) in [5.41, 5.74) is 1.19. The minimum atomic E-state index is -0.267. The molecule has 140 valence electrons. The second kappa shape index (κ2) is 8.80. The molecule has 1 fully saturated rings. The number of anilines is 3. The quantitative estimate of drug-likeness (QED) is 0.828. The van der Waals surface area contributed by atoms with Gasteiger partial charge >= 0.3 is 6.09 Å². The Hall–Kier alpha value is -3.41. The number of likely N-dealkylation sites (tertiary alicyclic amines) is 1. The Morgan fingerprint density at radius 1 is 1.37 bits per heavy atom.